The minimum atomic E-state index is -0.166. The standard InChI is InChI=1S/C21H18N2O/c24-21(14-13-19-11-6-7-15-22-19)23-20-12-5-4-10-18(20)16-17-8-2-1-3-9-17/h1-15H,16H2,(H,23,24)/b14-13+. The smallest absolute Gasteiger partial charge is 0.248 e. The Balaban J connectivity index is 1.71. The van der Waals surface area contributed by atoms with E-state index in [-0.39, 0.29) is 5.91 Å². The zero-order valence-corrected chi connectivity index (χ0v) is 13.2. The Kier molecular flexibility index (Phi) is 5.15. The maximum atomic E-state index is 12.2. The highest BCUT2D eigenvalue weighted by Gasteiger charge is 2.05. The molecule has 3 rings (SSSR count). The predicted molar refractivity (Wildman–Crippen MR) is 97.6 cm³/mol. The number of hydrogen-bond donors (Lipinski definition) is 1. The molecule has 1 heterocycles. The molecule has 3 aromatic rings. The van der Waals surface area contributed by atoms with Crippen molar-refractivity contribution in [2.45, 2.75) is 6.42 Å². The lowest BCUT2D eigenvalue weighted by molar-refractivity contribution is -0.111. The van der Waals surface area contributed by atoms with Gasteiger partial charge in [-0.05, 0) is 41.8 Å². The third-order valence-electron chi connectivity index (χ3n) is 3.61. The molecule has 0 aliphatic heterocycles. The Morgan fingerprint density at radius 2 is 1.67 bits per heavy atom. The third kappa shape index (κ3) is 4.40. The molecule has 24 heavy (non-hydrogen) atoms. The van der Waals surface area contributed by atoms with Crippen LogP contribution in [-0.2, 0) is 11.2 Å². The number of anilines is 1. The molecule has 118 valence electrons. The molecule has 0 aliphatic carbocycles. The van der Waals surface area contributed by atoms with Crippen molar-refractivity contribution in [1.29, 1.82) is 0 Å². The van der Waals surface area contributed by atoms with Crippen molar-refractivity contribution >= 4 is 17.7 Å². The maximum absolute atomic E-state index is 12.2. The first-order chi connectivity index (χ1) is 11.8. The molecule has 0 unspecified atom stereocenters. The van der Waals surface area contributed by atoms with Crippen molar-refractivity contribution < 1.29 is 4.79 Å². The van der Waals surface area contributed by atoms with Gasteiger partial charge in [0.25, 0.3) is 0 Å². The number of nitrogens with zero attached hydrogens (tertiary/aromatic N) is 1. The number of nitrogens with one attached hydrogen (secondary N) is 1. The van der Waals surface area contributed by atoms with Crippen LogP contribution >= 0.6 is 0 Å². The highest BCUT2D eigenvalue weighted by atomic mass is 16.1. The molecule has 3 nitrogen and oxygen atoms in total. The van der Waals surface area contributed by atoms with Gasteiger partial charge in [0.05, 0.1) is 5.69 Å². The van der Waals surface area contributed by atoms with E-state index in [9.17, 15) is 4.79 Å². The fourth-order valence-corrected chi connectivity index (χ4v) is 2.42. The molecule has 3 heteroatoms. The summed E-state index contributed by atoms with van der Waals surface area (Å²) in [5.74, 6) is -0.166. The summed E-state index contributed by atoms with van der Waals surface area (Å²) in [6.45, 7) is 0. The van der Waals surface area contributed by atoms with E-state index in [1.807, 2.05) is 60.7 Å². The van der Waals surface area contributed by atoms with E-state index in [0.29, 0.717) is 0 Å². The van der Waals surface area contributed by atoms with Gasteiger partial charge in [-0.15, -0.1) is 0 Å². The number of benzene rings is 2. The summed E-state index contributed by atoms with van der Waals surface area (Å²) in [6, 6.07) is 23.7. The highest BCUT2D eigenvalue weighted by molar-refractivity contribution is 6.02. The van der Waals surface area contributed by atoms with Crippen molar-refractivity contribution in [1.82, 2.24) is 4.98 Å². The van der Waals surface area contributed by atoms with Gasteiger partial charge in [-0.1, -0.05) is 54.6 Å². The molecule has 0 bridgehead atoms. The lowest BCUT2D eigenvalue weighted by atomic mass is 10.0. The van der Waals surface area contributed by atoms with Gasteiger partial charge in [0, 0.05) is 18.0 Å². The lowest BCUT2D eigenvalue weighted by Crippen LogP contribution is -2.10. The van der Waals surface area contributed by atoms with Crippen LogP contribution in [0.3, 0.4) is 0 Å². The van der Waals surface area contributed by atoms with Crippen LogP contribution in [0.5, 0.6) is 0 Å². The quantitative estimate of drug-likeness (QED) is 0.712. The van der Waals surface area contributed by atoms with Crippen LogP contribution in [0.15, 0.2) is 85.1 Å². The molecule has 0 spiro atoms. The first kappa shape index (κ1) is 15.7. The Labute approximate surface area is 141 Å². The van der Waals surface area contributed by atoms with Gasteiger partial charge < -0.3 is 5.32 Å². The number of pyridine rings is 1. The number of aromatic nitrogens is 1. The van der Waals surface area contributed by atoms with Crippen LogP contribution in [0.4, 0.5) is 5.69 Å². The minimum absolute atomic E-state index is 0.166. The van der Waals surface area contributed by atoms with Crippen LogP contribution < -0.4 is 5.32 Å². The molecule has 1 aromatic heterocycles. The highest BCUT2D eigenvalue weighted by Crippen LogP contribution is 2.19. The number of amides is 1. The number of hydrogen-bond acceptors (Lipinski definition) is 2. The maximum Gasteiger partial charge on any atom is 0.248 e. The molecule has 0 radical (unpaired) electrons. The van der Waals surface area contributed by atoms with E-state index in [1.54, 1.807) is 12.3 Å². The van der Waals surface area contributed by atoms with E-state index in [4.69, 9.17) is 0 Å². The largest absolute Gasteiger partial charge is 0.322 e. The molecule has 0 fully saturated rings. The second kappa shape index (κ2) is 7.88. The van der Waals surface area contributed by atoms with E-state index in [2.05, 4.69) is 22.4 Å². The van der Waals surface area contributed by atoms with Crippen LogP contribution in [0.2, 0.25) is 0 Å². The van der Waals surface area contributed by atoms with Crippen LogP contribution in [0, 0.1) is 0 Å². The summed E-state index contributed by atoms with van der Waals surface area (Å²) >= 11 is 0. The topological polar surface area (TPSA) is 42.0 Å². The molecular formula is C21H18N2O. The van der Waals surface area contributed by atoms with Gasteiger partial charge in [-0.2, -0.15) is 0 Å². The zero-order chi connectivity index (χ0) is 16.6. The fourth-order valence-electron chi connectivity index (χ4n) is 2.42. The Morgan fingerprint density at radius 3 is 2.46 bits per heavy atom. The molecule has 2 aromatic carbocycles. The third-order valence-corrected chi connectivity index (χ3v) is 3.61. The molecule has 0 aliphatic rings. The summed E-state index contributed by atoms with van der Waals surface area (Å²) in [4.78, 5) is 16.3. The van der Waals surface area contributed by atoms with E-state index < -0.39 is 0 Å². The first-order valence-electron chi connectivity index (χ1n) is 7.83. The molecule has 0 saturated carbocycles. The van der Waals surface area contributed by atoms with Gasteiger partial charge >= 0.3 is 0 Å². The Morgan fingerprint density at radius 1 is 0.917 bits per heavy atom. The fraction of sp³-hybridized carbons (Fsp3) is 0.0476. The molecule has 1 N–H and O–H groups in total. The summed E-state index contributed by atoms with van der Waals surface area (Å²) < 4.78 is 0. The number of para-hydroxylation sites is 1. The molecular weight excluding hydrogens is 296 g/mol. The van der Waals surface area contributed by atoms with E-state index >= 15 is 0 Å². The van der Waals surface area contributed by atoms with Crippen LogP contribution in [0.25, 0.3) is 6.08 Å². The Bertz CT molecular complexity index is 827. The van der Waals surface area contributed by atoms with Crippen molar-refractivity contribution in [3.8, 4) is 0 Å². The van der Waals surface area contributed by atoms with Crippen molar-refractivity contribution in [3.05, 3.63) is 102 Å². The van der Waals surface area contributed by atoms with Crippen LogP contribution in [-0.4, -0.2) is 10.9 Å². The first-order valence-corrected chi connectivity index (χ1v) is 7.83. The zero-order valence-electron chi connectivity index (χ0n) is 13.2. The van der Waals surface area contributed by atoms with E-state index in [1.165, 1.54) is 11.6 Å². The van der Waals surface area contributed by atoms with Gasteiger partial charge in [-0.25, -0.2) is 0 Å². The van der Waals surface area contributed by atoms with Crippen molar-refractivity contribution in [2.24, 2.45) is 0 Å². The number of rotatable bonds is 5. The molecule has 0 saturated heterocycles. The monoisotopic (exact) mass is 314 g/mol. The molecule has 1 amide bonds. The van der Waals surface area contributed by atoms with Gasteiger partial charge in [0.15, 0.2) is 0 Å². The molecule has 0 atom stereocenters. The summed E-state index contributed by atoms with van der Waals surface area (Å²) in [5, 5.41) is 2.95. The summed E-state index contributed by atoms with van der Waals surface area (Å²) in [7, 11) is 0. The predicted octanol–water partition coefficient (Wildman–Crippen LogP) is 4.32. The number of carbonyl (C=O) groups excluding carboxylic acids is 1. The SMILES string of the molecule is O=C(/C=C/c1ccccn1)Nc1ccccc1Cc1ccccc1. The minimum Gasteiger partial charge on any atom is -0.322 e. The van der Waals surface area contributed by atoms with Crippen molar-refractivity contribution in [3.63, 3.8) is 0 Å². The van der Waals surface area contributed by atoms with Gasteiger partial charge in [-0.3, -0.25) is 9.78 Å². The van der Waals surface area contributed by atoms with Crippen molar-refractivity contribution in [2.75, 3.05) is 5.32 Å². The number of carbonyl (C=O) groups is 1. The summed E-state index contributed by atoms with van der Waals surface area (Å²) in [6.07, 6.45) is 5.69. The Hall–Kier alpha value is -3.20. The second-order valence-electron chi connectivity index (χ2n) is 5.40. The average Bonchev–Trinajstić information content (AvgIpc) is 2.63. The second-order valence-corrected chi connectivity index (χ2v) is 5.40. The van der Waals surface area contributed by atoms with Gasteiger partial charge in [0.2, 0.25) is 5.91 Å². The summed E-state index contributed by atoms with van der Waals surface area (Å²) in [5.41, 5.74) is 3.88. The average molecular weight is 314 g/mol. The van der Waals surface area contributed by atoms with E-state index in [0.717, 1.165) is 23.4 Å². The van der Waals surface area contributed by atoms with Crippen LogP contribution in [0.1, 0.15) is 16.8 Å². The normalized spacial score (nSPS) is 10.7. The van der Waals surface area contributed by atoms with Gasteiger partial charge in [0.1, 0.15) is 0 Å². The lowest BCUT2D eigenvalue weighted by Gasteiger charge is -2.10.